The van der Waals surface area contributed by atoms with Crippen molar-refractivity contribution in [3.05, 3.63) is 52.2 Å². The molecule has 4 heteroatoms. The maximum Gasteiger partial charge on any atom is 0.119 e. The summed E-state index contributed by atoms with van der Waals surface area (Å²) in [6, 6.07) is 12.6. The van der Waals surface area contributed by atoms with E-state index in [1.165, 1.54) is 10.4 Å². The van der Waals surface area contributed by atoms with Gasteiger partial charge in [-0.05, 0) is 48.9 Å². The molecule has 0 aliphatic heterocycles. The molecule has 0 spiro atoms. The largest absolute Gasteiger partial charge is 0.494 e. The highest BCUT2D eigenvalue weighted by atomic mass is 32.1. The van der Waals surface area contributed by atoms with Gasteiger partial charge in [0.15, 0.2) is 0 Å². The number of nitrogens with two attached hydrogens (primary N) is 1. The average Bonchev–Trinajstić information content (AvgIpc) is 2.95. The Bertz CT molecular complexity index is 467. The quantitative estimate of drug-likeness (QED) is 0.602. The second-order valence-corrected chi connectivity index (χ2v) is 5.37. The molecule has 0 saturated heterocycles. The Balaban J connectivity index is 1.96. The summed E-state index contributed by atoms with van der Waals surface area (Å²) >= 11 is 1.79. The molecule has 0 bridgehead atoms. The Morgan fingerprint density at radius 2 is 2.05 bits per heavy atom. The molecule has 0 aliphatic carbocycles. The van der Waals surface area contributed by atoms with Crippen LogP contribution in [-0.4, -0.2) is 6.61 Å². The smallest absolute Gasteiger partial charge is 0.119 e. The zero-order valence-electron chi connectivity index (χ0n) is 11.1. The molecular weight excluding hydrogens is 256 g/mol. The SMILES string of the molecule is CCOc1ccc(C(CCc2cccs2)NN)cc1. The molecule has 19 heavy (non-hydrogen) atoms. The number of ether oxygens (including phenoxy) is 1. The number of hydrogen-bond donors (Lipinski definition) is 2. The first kappa shape index (κ1) is 14.1. The predicted octanol–water partition coefficient (Wildman–Crippen LogP) is 3.28. The first-order valence-corrected chi connectivity index (χ1v) is 7.42. The molecule has 1 aromatic heterocycles. The van der Waals surface area contributed by atoms with E-state index >= 15 is 0 Å². The fraction of sp³-hybridized carbons (Fsp3) is 0.333. The lowest BCUT2D eigenvalue weighted by Crippen LogP contribution is -2.28. The molecular formula is C15H20N2OS. The van der Waals surface area contributed by atoms with Gasteiger partial charge in [0.05, 0.1) is 6.61 Å². The zero-order chi connectivity index (χ0) is 13.5. The van der Waals surface area contributed by atoms with E-state index in [4.69, 9.17) is 10.6 Å². The Kier molecular flexibility index (Phi) is 5.39. The lowest BCUT2D eigenvalue weighted by molar-refractivity contribution is 0.340. The van der Waals surface area contributed by atoms with Crippen LogP contribution >= 0.6 is 11.3 Å². The van der Waals surface area contributed by atoms with E-state index in [0.717, 1.165) is 18.6 Å². The van der Waals surface area contributed by atoms with Gasteiger partial charge in [0.2, 0.25) is 0 Å². The Morgan fingerprint density at radius 3 is 2.63 bits per heavy atom. The van der Waals surface area contributed by atoms with Crippen molar-refractivity contribution in [2.45, 2.75) is 25.8 Å². The number of benzene rings is 1. The summed E-state index contributed by atoms with van der Waals surface area (Å²) in [5.41, 5.74) is 4.09. The fourth-order valence-corrected chi connectivity index (χ4v) is 2.78. The molecule has 2 rings (SSSR count). The Labute approximate surface area is 118 Å². The van der Waals surface area contributed by atoms with Crippen molar-refractivity contribution in [1.82, 2.24) is 5.43 Å². The molecule has 0 saturated carbocycles. The van der Waals surface area contributed by atoms with Crippen molar-refractivity contribution in [3.63, 3.8) is 0 Å². The van der Waals surface area contributed by atoms with Gasteiger partial charge in [-0.25, -0.2) is 0 Å². The summed E-state index contributed by atoms with van der Waals surface area (Å²) in [6.07, 6.45) is 2.03. The third kappa shape index (κ3) is 4.06. The fourth-order valence-electron chi connectivity index (χ4n) is 2.05. The van der Waals surface area contributed by atoms with Crippen LogP contribution in [0, 0.1) is 0 Å². The van der Waals surface area contributed by atoms with Gasteiger partial charge < -0.3 is 4.74 Å². The van der Waals surface area contributed by atoms with Crippen molar-refractivity contribution < 1.29 is 4.74 Å². The lowest BCUT2D eigenvalue weighted by atomic mass is 10.0. The van der Waals surface area contributed by atoms with E-state index in [1.54, 1.807) is 11.3 Å². The van der Waals surface area contributed by atoms with Crippen LogP contribution in [-0.2, 0) is 6.42 Å². The van der Waals surface area contributed by atoms with Crippen LogP contribution in [0.25, 0.3) is 0 Å². The summed E-state index contributed by atoms with van der Waals surface area (Å²) in [7, 11) is 0. The molecule has 0 amide bonds. The Hall–Kier alpha value is -1.36. The highest BCUT2D eigenvalue weighted by Gasteiger charge is 2.10. The van der Waals surface area contributed by atoms with Gasteiger partial charge in [0.25, 0.3) is 0 Å². The van der Waals surface area contributed by atoms with Crippen LogP contribution in [0.15, 0.2) is 41.8 Å². The monoisotopic (exact) mass is 276 g/mol. The average molecular weight is 276 g/mol. The number of aryl methyl sites for hydroxylation is 1. The minimum absolute atomic E-state index is 0.178. The van der Waals surface area contributed by atoms with Crippen LogP contribution in [0.4, 0.5) is 0 Å². The van der Waals surface area contributed by atoms with Crippen molar-refractivity contribution in [3.8, 4) is 5.75 Å². The predicted molar refractivity (Wildman–Crippen MR) is 80.3 cm³/mol. The highest BCUT2D eigenvalue weighted by Crippen LogP contribution is 2.22. The topological polar surface area (TPSA) is 47.3 Å². The van der Waals surface area contributed by atoms with Gasteiger partial charge in [-0.3, -0.25) is 11.3 Å². The first-order chi connectivity index (χ1) is 9.33. The van der Waals surface area contributed by atoms with Crippen LogP contribution in [0.5, 0.6) is 5.75 Å². The summed E-state index contributed by atoms with van der Waals surface area (Å²) in [5, 5.41) is 2.11. The van der Waals surface area contributed by atoms with Gasteiger partial charge in [-0.15, -0.1) is 11.3 Å². The van der Waals surface area contributed by atoms with Gasteiger partial charge in [-0.1, -0.05) is 18.2 Å². The maximum atomic E-state index is 5.66. The van der Waals surface area contributed by atoms with E-state index in [0.29, 0.717) is 6.61 Å². The van der Waals surface area contributed by atoms with Crippen molar-refractivity contribution >= 4 is 11.3 Å². The van der Waals surface area contributed by atoms with Crippen molar-refractivity contribution in [2.75, 3.05) is 6.61 Å². The van der Waals surface area contributed by atoms with Crippen LogP contribution < -0.4 is 16.0 Å². The minimum atomic E-state index is 0.178. The number of hydrazine groups is 1. The maximum absolute atomic E-state index is 5.66. The number of rotatable bonds is 7. The van der Waals surface area contributed by atoms with Gasteiger partial charge in [-0.2, -0.15) is 0 Å². The van der Waals surface area contributed by atoms with E-state index in [2.05, 4.69) is 35.1 Å². The van der Waals surface area contributed by atoms with Crippen LogP contribution in [0.3, 0.4) is 0 Å². The van der Waals surface area contributed by atoms with E-state index in [1.807, 2.05) is 19.1 Å². The summed E-state index contributed by atoms with van der Waals surface area (Å²) in [5.74, 6) is 6.57. The first-order valence-electron chi connectivity index (χ1n) is 6.54. The lowest BCUT2D eigenvalue weighted by Gasteiger charge is -2.16. The molecule has 1 heterocycles. The number of thiophene rings is 1. The molecule has 0 fully saturated rings. The van der Waals surface area contributed by atoms with E-state index < -0.39 is 0 Å². The van der Waals surface area contributed by atoms with Gasteiger partial charge in [0.1, 0.15) is 5.75 Å². The standard InChI is InChI=1S/C15H20N2OS/c1-2-18-13-7-5-12(6-8-13)15(17-16)10-9-14-4-3-11-19-14/h3-8,11,15,17H,2,9-10,16H2,1H3. The number of hydrogen-bond acceptors (Lipinski definition) is 4. The zero-order valence-corrected chi connectivity index (χ0v) is 12.0. The normalized spacial score (nSPS) is 12.3. The molecule has 1 aromatic carbocycles. The van der Waals surface area contributed by atoms with Gasteiger partial charge >= 0.3 is 0 Å². The molecule has 1 atom stereocenters. The van der Waals surface area contributed by atoms with Crippen molar-refractivity contribution in [2.24, 2.45) is 5.84 Å². The summed E-state index contributed by atoms with van der Waals surface area (Å²) in [4.78, 5) is 1.39. The van der Waals surface area contributed by atoms with Crippen molar-refractivity contribution in [1.29, 1.82) is 0 Å². The highest BCUT2D eigenvalue weighted by molar-refractivity contribution is 7.09. The van der Waals surface area contributed by atoms with Gasteiger partial charge in [0, 0.05) is 10.9 Å². The summed E-state index contributed by atoms with van der Waals surface area (Å²) in [6.45, 7) is 2.68. The second-order valence-electron chi connectivity index (χ2n) is 4.34. The van der Waals surface area contributed by atoms with Crippen LogP contribution in [0.2, 0.25) is 0 Å². The molecule has 0 radical (unpaired) electrons. The minimum Gasteiger partial charge on any atom is -0.494 e. The van der Waals surface area contributed by atoms with E-state index in [-0.39, 0.29) is 6.04 Å². The third-order valence-corrected chi connectivity index (χ3v) is 3.99. The molecule has 1 unspecified atom stereocenters. The summed E-state index contributed by atoms with van der Waals surface area (Å²) < 4.78 is 5.44. The third-order valence-electron chi connectivity index (χ3n) is 3.05. The second kappa shape index (κ2) is 7.28. The van der Waals surface area contributed by atoms with Crippen LogP contribution in [0.1, 0.15) is 29.8 Å². The molecule has 0 aliphatic rings. The molecule has 2 aromatic rings. The molecule has 3 N–H and O–H groups in total. The van der Waals surface area contributed by atoms with E-state index in [9.17, 15) is 0 Å². The number of nitrogens with one attached hydrogen (secondary N) is 1. The molecule has 3 nitrogen and oxygen atoms in total. The Morgan fingerprint density at radius 1 is 1.26 bits per heavy atom. The molecule has 102 valence electrons.